The zero-order valence-electron chi connectivity index (χ0n) is 11.2. The molecule has 3 rings (SSSR count). The van der Waals surface area contributed by atoms with E-state index in [1.54, 1.807) is 6.07 Å². The molecule has 1 aliphatic carbocycles. The van der Waals surface area contributed by atoms with Crippen molar-refractivity contribution in [2.24, 2.45) is 0 Å². The Balaban J connectivity index is 2.33. The number of aryl methyl sites for hydroxylation is 1. The summed E-state index contributed by atoms with van der Waals surface area (Å²) in [5.74, 6) is -0.569. The van der Waals surface area contributed by atoms with Crippen molar-refractivity contribution in [3.8, 4) is 0 Å². The highest BCUT2D eigenvalue weighted by molar-refractivity contribution is 6.39. The maximum absolute atomic E-state index is 14.0. The summed E-state index contributed by atoms with van der Waals surface area (Å²) in [5.41, 5.74) is 3.86. The van der Waals surface area contributed by atoms with Crippen LogP contribution in [0.15, 0.2) is 6.07 Å². The van der Waals surface area contributed by atoms with Crippen molar-refractivity contribution < 1.29 is 4.39 Å². The lowest BCUT2D eigenvalue weighted by atomic mass is 10.1. The van der Waals surface area contributed by atoms with E-state index in [0.29, 0.717) is 10.9 Å². The van der Waals surface area contributed by atoms with Gasteiger partial charge in [0.25, 0.3) is 0 Å². The summed E-state index contributed by atoms with van der Waals surface area (Å²) in [6.45, 7) is 2.92. The van der Waals surface area contributed by atoms with E-state index in [0.717, 1.165) is 43.6 Å². The predicted molar refractivity (Wildman–Crippen MR) is 82.5 cm³/mol. The standard InChI is InChI=1S/C15H15Cl2FN2/c1-2-6-19-15-8-4-3-5-10(8)20-11-7-9(16)14(18)13(17)12(11)15/h7H,2-6H2,1H3,(H,19,20). The third-order valence-electron chi connectivity index (χ3n) is 3.69. The predicted octanol–water partition coefficient (Wildman–Crippen LogP) is 4.99. The maximum atomic E-state index is 14.0. The summed E-state index contributed by atoms with van der Waals surface area (Å²) in [7, 11) is 0. The molecule has 0 saturated carbocycles. The lowest BCUT2D eigenvalue weighted by Gasteiger charge is -2.16. The van der Waals surface area contributed by atoms with Crippen LogP contribution in [0.1, 0.15) is 31.0 Å². The Morgan fingerprint density at radius 1 is 1.35 bits per heavy atom. The third kappa shape index (κ3) is 2.13. The molecule has 0 fully saturated rings. The number of rotatable bonds is 3. The number of halogens is 3. The molecule has 0 saturated heterocycles. The van der Waals surface area contributed by atoms with Gasteiger partial charge in [0.15, 0.2) is 5.82 Å². The third-order valence-corrected chi connectivity index (χ3v) is 4.32. The molecule has 0 spiro atoms. The van der Waals surface area contributed by atoms with E-state index in [2.05, 4.69) is 17.2 Å². The van der Waals surface area contributed by atoms with E-state index in [-0.39, 0.29) is 10.0 Å². The smallest absolute Gasteiger partial charge is 0.161 e. The quantitative estimate of drug-likeness (QED) is 0.807. The highest BCUT2D eigenvalue weighted by atomic mass is 35.5. The summed E-state index contributed by atoms with van der Waals surface area (Å²) in [6.07, 6.45) is 3.99. The molecule has 0 bridgehead atoms. The number of hydrogen-bond acceptors (Lipinski definition) is 2. The first-order chi connectivity index (χ1) is 9.63. The zero-order chi connectivity index (χ0) is 14.3. The van der Waals surface area contributed by atoms with Gasteiger partial charge in [0.05, 0.1) is 21.2 Å². The van der Waals surface area contributed by atoms with Crippen molar-refractivity contribution in [1.82, 2.24) is 4.98 Å². The van der Waals surface area contributed by atoms with Crippen molar-refractivity contribution >= 4 is 39.8 Å². The summed E-state index contributed by atoms with van der Waals surface area (Å²) in [6, 6.07) is 1.56. The first kappa shape index (κ1) is 13.9. The Kier molecular flexibility index (Phi) is 3.74. The molecule has 106 valence electrons. The molecule has 5 heteroatoms. The zero-order valence-corrected chi connectivity index (χ0v) is 12.7. The van der Waals surface area contributed by atoms with E-state index in [1.807, 2.05) is 0 Å². The molecular formula is C15H15Cl2FN2. The average Bonchev–Trinajstić information content (AvgIpc) is 2.89. The minimum absolute atomic E-state index is 0.0226. The molecule has 1 heterocycles. The molecule has 0 atom stereocenters. The second-order valence-electron chi connectivity index (χ2n) is 5.07. The van der Waals surface area contributed by atoms with Crippen molar-refractivity contribution in [3.63, 3.8) is 0 Å². The van der Waals surface area contributed by atoms with Crippen molar-refractivity contribution in [3.05, 3.63) is 33.2 Å². The molecule has 2 nitrogen and oxygen atoms in total. The fourth-order valence-corrected chi connectivity index (χ4v) is 3.31. The average molecular weight is 313 g/mol. The largest absolute Gasteiger partial charge is 0.384 e. The number of benzene rings is 1. The Morgan fingerprint density at radius 3 is 2.90 bits per heavy atom. The monoisotopic (exact) mass is 312 g/mol. The van der Waals surface area contributed by atoms with E-state index in [9.17, 15) is 4.39 Å². The molecule has 1 aromatic carbocycles. The Bertz CT molecular complexity index is 686. The van der Waals surface area contributed by atoms with E-state index < -0.39 is 5.82 Å². The summed E-state index contributed by atoms with van der Waals surface area (Å²) in [4.78, 5) is 4.61. The van der Waals surface area contributed by atoms with Crippen molar-refractivity contribution in [2.75, 3.05) is 11.9 Å². The number of nitrogens with zero attached hydrogens (tertiary/aromatic N) is 1. The summed E-state index contributed by atoms with van der Waals surface area (Å²) >= 11 is 12.1. The molecule has 0 unspecified atom stereocenters. The van der Waals surface area contributed by atoms with Gasteiger partial charge in [0, 0.05) is 17.6 Å². The molecule has 0 radical (unpaired) electrons. The molecular weight excluding hydrogens is 298 g/mol. The lowest BCUT2D eigenvalue weighted by molar-refractivity contribution is 0.630. The number of nitrogens with one attached hydrogen (secondary N) is 1. The van der Waals surface area contributed by atoms with Crippen LogP contribution in [-0.4, -0.2) is 11.5 Å². The lowest BCUT2D eigenvalue weighted by Crippen LogP contribution is -2.06. The number of fused-ring (bicyclic) bond motifs is 2. The first-order valence-electron chi connectivity index (χ1n) is 6.86. The van der Waals surface area contributed by atoms with E-state index >= 15 is 0 Å². The number of pyridine rings is 1. The second kappa shape index (κ2) is 5.38. The van der Waals surface area contributed by atoms with Gasteiger partial charge in [-0.05, 0) is 37.3 Å². The molecule has 2 aromatic rings. The van der Waals surface area contributed by atoms with Crippen LogP contribution in [0.3, 0.4) is 0 Å². The molecule has 0 aliphatic heterocycles. The van der Waals surface area contributed by atoms with Crippen LogP contribution in [-0.2, 0) is 12.8 Å². The fraction of sp³-hybridized carbons (Fsp3) is 0.400. The van der Waals surface area contributed by atoms with Crippen LogP contribution in [0, 0.1) is 5.82 Å². The van der Waals surface area contributed by atoms with Crippen LogP contribution >= 0.6 is 23.2 Å². The van der Waals surface area contributed by atoms with E-state index in [4.69, 9.17) is 23.2 Å². The van der Waals surface area contributed by atoms with Crippen LogP contribution in [0.25, 0.3) is 10.9 Å². The van der Waals surface area contributed by atoms with Gasteiger partial charge in [-0.25, -0.2) is 4.39 Å². The number of anilines is 1. The van der Waals surface area contributed by atoms with Gasteiger partial charge >= 0.3 is 0 Å². The molecule has 1 N–H and O–H groups in total. The van der Waals surface area contributed by atoms with Gasteiger partial charge in [-0.2, -0.15) is 0 Å². The van der Waals surface area contributed by atoms with Gasteiger partial charge in [0.1, 0.15) is 0 Å². The molecule has 20 heavy (non-hydrogen) atoms. The van der Waals surface area contributed by atoms with E-state index in [1.165, 1.54) is 5.56 Å². The minimum atomic E-state index is -0.569. The number of aromatic nitrogens is 1. The van der Waals surface area contributed by atoms with Gasteiger partial charge < -0.3 is 5.32 Å². The number of hydrogen-bond donors (Lipinski definition) is 1. The minimum Gasteiger partial charge on any atom is -0.384 e. The van der Waals surface area contributed by atoms with Gasteiger partial charge in [-0.3, -0.25) is 4.98 Å². The Labute approximate surface area is 127 Å². The maximum Gasteiger partial charge on any atom is 0.161 e. The van der Waals surface area contributed by atoms with Crippen LogP contribution in [0.2, 0.25) is 10.0 Å². The second-order valence-corrected chi connectivity index (χ2v) is 5.86. The highest BCUT2D eigenvalue weighted by Crippen LogP contribution is 2.40. The first-order valence-corrected chi connectivity index (χ1v) is 7.62. The Morgan fingerprint density at radius 2 is 2.15 bits per heavy atom. The summed E-state index contributed by atoms with van der Waals surface area (Å²) in [5, 5.41) is 4.13. The van der Waals surface area contributed by atoms with Crippen LogP contribution < -0.4 is 5.32 Å². The van der Waals surface area contributed by atoms with Gasteiger partial charge in [-0.1, -0.05) is 30.1 Å². The molecule has 1 aliphatic rings. The normalized spacial score (nSPS) is 13.8. The molecule has 0 amide bonds. The van der Waals surface area contributed by atoms with Crippen molar-refractivity contribution in [1.29, 1.82) is 0 Å². The summed E-state index contributed by atoms with van der Waals surface area (Å²) < 4.78 is 14.0. The van der Waals surface area contributed by atoms with Crippen molar-refractivity contribution in [2.45, 2.75) is 32.6 Å². The SMILES string of the molecule is CCCNc1c2c(nc3cc(Cl)c(F)c(Cl)c13)CCC2. The van der Waals surface area contributed by atoms with Crippen LogP contribution in [0.4, 0.5) is 10.1 Å². The Hall–Kier alpha value is -1.06. The highest BCUT2D eigenvalue weighted by Gasteiger charge is 2.23. The van der Waals surface area contributed by atoms with Gasteiger partial charge in [0.2, 0.25) is 0 Å². The molecule has 1 aromatic heterocycles. The van der Waals surface area contributed by atoms with Gasteiger partial charge in [-0.15, -0.1) is 0 Å². The van der Waals surface area contributed by atoms with Crippen LogP contribution in [0.5, 0.6) is 0 Å². The fourth-order valence-electron chi connectivity index (χ4n) is 2.77. The topological polar surface area (TPSA) is 24.9 Å².